The Kier molecular flexibility index (Phi) is 35.7. The van der Waals surface area contributed by atoms with E-state index in [9.17, 15) is 116 Å². The third-order valence-corrected chi connectivity index (χ3v) is 25.7. The maximum atomic E-state index is 13.3. The number of amides is 4. The number of unbranched alkanes of at least 4 members (excludes halogenated alkanes) is 4. The average molecular weight is 1830 g/mol. The first-order valence-corrected chi connectivity index (χ1v) is 46.6. The number of phosphoric ester groups is 6. The molecule has 0 aliphatic carbocycles. The predicted octanol–water partition coefficient (Wildman–Crippen LogP) is 2.70. The Morgan fingerprint density at radius 1 is 0.492 bits per heavy atom. The van der Waals surface area contributed by atoms with Crippen LogP contribution in [0.2, 0.25) is 0 Å². The van der Waals surface area contributed by atoms with Crippen molar-refractivity contribution in [3.05, 3.63) is 60.7 Å². The number of Topliss-reactive ketones (excluding diaryl/α,β-unsaturated/α-hetero) is 2. The minimum Gasteiger partial charge on any atom is -0.386 e. The molecule has 54 heteroatoms. The molecule has 1 aromatic carbocycles. The number of ketones is 2. The molecule has 14 unspecified atom stereocenters. The molecule has 0 bridgehead atoms. The van der Waals surface area contributed by atoms with Gasteiger partial charge in [0.05, 0.1) is 39.1 Å². The SMILES string of the molecule is CC(C)(CCCCCc1cccc(CCCCCC(C)(C)C(=O)CCNC(=O)CCNC(=O)C(O)C(C)(C)COP(=O)(O)OP(=O)(O)OCC2OC(n3cnc4c(N)ncnc43)C(O)C2OP(=O)(O)O)c1)C(=O)CCNC(=O)CCNC(=O)C(O)C(C)(C)COP(=O)(O)OP(=O)(O)OCC1OC(n2cnc3c(N)ncnc32)C(O)C1OP(=O)(O)O. The highest BCUT2D eigenvalue weighted by atomic mass is 31.3. The Bertz CT molecular complexity index is 4400. The summed E-state index contributed by atoms with van der Waals surface area (Å²) in [6.45, 7) is 7.58. The minimum absolute atomic E-state index is 0.00534. The fraction of sp³-hybridized carbons (Fsp3) is 0.667. The van der Waals surface area contributed by atoms with Gasteiger partial charge in [-0.05, 0) is 49.7 Å². The molecule has 2 fully saturated rings. The number of nitrogens with zero attached hydrogens (tertiary/aromatic N) is 8. The average Bonchev–Trinajstić information content (AvgIpc) is 1.62. The number of imidazole rings is 2. The summed E-state index contributed by atoms with van der Waals surface area (Å²) in [6, 6.07) is 8.33. The van der Waals surface area contributed by atoms with Crippen LogP contribution in [0.15, 0.2) is 49.6 Å². The number of aliphatic hydroxyl groups is 4. The van der Waals surface area contributed by atoms with Crippen LogP contribution in [-0.2, 0) is 114 Å². The molecule has 20 N–H and O–H groups in total. The van der Waals surface area contributed by atoms with E-state index in [4.69, 9.17) is 39.0 Å². The van der Waals surface area contributed by atoms with E-state index in [1.807, 2.05) is 33.8 Å². The molecule has 48 nitrogen and oxygen atoms in total. The lowest BCUT2D eigenvalue weighted by molar-refractivity contribution is -0.137. The highest BCUT2D eigenvalue weighted by Crippen LogP contribution is 2.63. The number of carbonyl (C=O) groups excluding carboxylic acids is 6. The zero-order valence-corrected chi connectivity index (χ0v) is 72.1. The number of nitrogen functional groups attached to an aromatic ring is 2. The number of aromatic nitrogens is 8. The fourth-order valence-corrected chi connectivity index (χ4v) is 18.2. The van der Waals surface area contributed by atoms with Gasteiger partial charge in [-0.25, -0.2) is 57.3 Å². The second-order valence-corrected chi connectivity index (χ2v) is 39.7. The van der Waals surface area contributed by atoms with Crippen LogP contribution in [0.1, 0.15) is 156 Å². The number of anilines is 2. The van der Waals surface area contributed by atoms with Gasteiger partial charge in [0.1, 0.15) is 84.1 Å². The number of benzene rings is 1. The molecule has 2 saturated heterocycles. The van der Waals surface area contributed by atoms with Crippen molar-refractivity contribution >= 4 is 116 Å². The van der Waals surface area contributed by atoms with Crippen molar-refractivity contribution < 1.29 is 161 Å². The summed E-state index contributed by atoms with van der Waals surface area (Å²) < 4.78 is 126. The molecule has 674 valence electrons. The first-order chi connectivity index (χ1) is 55.6. The molecule has 2 aliphatic heterocycles. The highest BCUT2D eigenvalue weighted by molar-refractivity contribution is 7.61. The van der Waals surface area contributed by atoms with Crippen LogP contribution in [0.4, 0.5) is 11.6 Å². The number of carbonyl (C=O) groups is 6. The van der Waals surface area contributed by atoms with Crippen LogP contribution < -0.4 is 32.7 Å². The predicted molar refractivity (Wildman–Crippen MR) is 417 cm³/mol. The Hall–Kier alpha value is -6.36. The van der Waals surface area contributed by atoms with Crippen LogP contribution in [0.5, 0.6) is 0 Å². The monoisotopic (exact) mass is 1820 g/mol. The van der Waals surface area contributed by atoms with Crippen molar-refractivity contribution in [2.24, 2.45) is 21.7 Å². The largest absolute Gasteiger partial charge is 0.481 e. The van der Waals surface area contributed by atoms with Crippen molar-refractivity contribution in [1.82, 2.24) is 60.3 Å². The Morgan fingerprint density at radius 3 is 1.20 bits per heavy atom. The van der Waals surface area contributed by atoms with Crippen molar-refractivity contribution in [3.8, 4) is 0 Å². The van der Waals surface area contributed by atoms with Crippen molar-refractivity contribution in [3.63, 3.8) is 0 Å². The number of ether oxygens (including phenoxy) is 2. The van der Waals surface area contributed by atoms with Gasteiger partial charge in [0.25, 0.3) is 0 Å². The van der Waals surface area contributed by atoms with Crippen molar-refractivity contribution in [2.45, 2.75) is 207 Å². The summed E-state index contributed by atoms with van der Waals surface area (Å²) in [5, 5.41) is 53.6. The summed E-state index contributed by atoms with van der Waals surface area (Å²) >= 11 is 0. The van der Waals surface area contributed by atoms with E-state index in [0.717, 1.165) is 85.8 Å². The number of fused-ring (bicyclic) bond motifs is 2. The maximum Gasteiger partial charge on any atom is 0.481 e. The summed E-state index contributed by atoms with van der Waals surface area (Å²) in [5.74, 6) is -3.34. The van der Waals surface area contributed by atoms with Gasteiger partial charge in [-0.2, -0.15) is 8.62 Å². The number of hydrogen-bond donors (Lipinski definition) is 18. The summed E-state index contributed by atoms with van der Waals surface area (Å²) in [4.78, 5) is 181. The number of nitrogens with two attached hydrogens (primary N) is 2. The zero-order chi connectivity index (χ0) is 89.4. The number of rotatable bonds is 52. The van der Waals surface area contributed by atoms with Gasteiger partial charge in [0, 0.05) is 73.5 Å². The van der Waals surface area contributed by atoms with Gasteiger partial charge in [-0.15, -0.1) is 0 Å². The third-order valence-electron chi connectivity index (χ3n) is 19.5. The summed E-state index contributed by atoms with van der Waals surface area (Å²) in [5.41, 5.74) is 9.36. The van der Waals surface area contributed by atoms with Gasteiger partial charge in [-0.1, -0.05) is 105 Å². The normalized spacial score (nSPS) is 21.4. The van der Waals surface area contributed by atoms with Crippen molar-refractivity contribution in [2.75, 3.05) is 64.1 Å². The van der Waals surface area contributed by atoms with E-state index in [1.54, 1.807) is 0 Å². The molecule has 14 atom stereocenters. The Morgan fingerprint density at radius 2 is 0.842 bits per heavy atom. The molecule has 120 heavy (non-hydrogen) atoms. The third kappa shape index (κ3) is 30.5. The van der Waals surface area contributed by atoms with Gasteiger partial charge in [0.15, 0.2) is 35.4 Å². The molecule has 0 radical (unpaired) electrons. The molecule has 4 aromatic heterocycles. The standard InChI is InChI=1S/C66H106N14O34P6/c1-63(2,43(81)20-26-69-45(83)22-28-71-59(89)53(87)65(5,6)33-107-119(101,102)113-117(97,98)105-31-41-51(111-115(91,92)93)49(85)61(109-41)79-37-77-47-55(67)73-35-75-57(47)79)24-13-9-11-16-39-18-15-19-40(30-39)17-12-10-14-25-64(3,4)44(82)21-27-70-46(84)23-29-72-60(90)54(88)66(7,8)34-108-120(103,104)114-118(99,100)106-32-42-52(112-116(94,95)96)50(86)62(110-42)80-38-78-48-56(68)74-36-76-58(48)80/h15,18-19,30,35-38,41-42,49-54,61-62,85-88H,9-14,16-17,20-29,31-34H2,1-8H3,(H,69,83)(H,70,84)(H,71,89)(H,72,90)(H,97,98)(H,99,100)(H,101,102)(H,103,104)(H2,67,73,75)(H2,68,74,76)(H2,91,92,93)(H2,94,95,96). The van der Waals surface area contributed by atoms with E-state index in [0.29, 0.717) is 12.8 Å². The second kappa shape index (κ2) is 42.6. The molecular weight excluding hydrogens is 1720 g/mol. The van der Waals surface area contributed by atoms with Crippen LogP contribution in [0.3, 0.4) is 0 Å². The highest BCUT2D eigenvalue weighted by Gasteiger charge is 2.53. The Balaban J connectivity index is 0.694. The topological polar surface area (TPSA) is 727 Å². The molecule has 5 aromatic rings. The lowest BCUT2D eigenvalue weighted by Gasteiger charge is -2.30. The molecule has 0 spiro atoms. The first-order valence-electron chi connectivity index (χ1n) is 37.5. The number of aliphatic hydroxyl groups excluding tert-OH is 4. The molecular formula is C66H106N14O34P6. The number of aryl methyl sites for hydroxylation is 2. The first kappa shape index (κ1) is 101. The van der Waals surface area contributed by atoms with E-state index in [2.05, 4.69) is 87.0 Å². The Labute approximate surface area is 687 Å². The summed E-state index contributed by atoms with van der Waals surface area (Å²) in [6.07, 6.45) is -6.48. The molecule has 4 amide bonds. The lowest BCUT2D eigenvalue weighted by Crippen LogP contribution is -2.46. The van der Waals surface area contributed by atoms with Crippen LogP contribution in [-0.4, -0.2) is 235 Å². The van der Waals surface area contributed by atoms with Gasteiger partial charge < -0.3 is 102 Å². The smallest absolute Gasteiger partial charge is 0.386 e. The molecule has 7 rings (SSSR count). The number of phosphoric acid groups is 6. The van der Waals surface area contributed by atoms with Crippen LogP contribution >= 0.6 is 46.9 Å². The fourth-order valence-electron chi connectivity index (χ4n) is 12.6. The van der Waals surface area contributed by atoms with Gasteiger partial charge in [-0.3, -0.25) is 65.0 Å². The molecule has 6 heterocycles. The number of nitrogens with one attached hydrogen (secondary N) is 4. The second-order valence-electron chi connectivity index (χ2n) is 31.2. The zero-order valence-electron chi connectivity index (χ0n) is 66.7. The maximum absolute atomic E-state index is 13.3. The van der Waals surface area contributed by atoms with Crippen molar-refractivity contribution in [1.29, 1.82) is 0 Å². The quantitative estimate of drug-likeness (QED) is 0.0196. The molecule has 0 saturated carbocycles. The van der Waals surface area contributed by atoms with Crippen LogP contribution in [0.25, 0.3) is 22.3 Å². The molecule has 2 aliphatic rings. The van der Waals surface area contributed by atoms with E-state index in [-0.39, 0.29) is 97.4 Å². The number of hydrogen-bond acceptors (Lipinski definition) is 34. The van der Waals surface area contributed by atoms with E-state index >= 15 is 0 Å². The van der Waals surface area contributed by atoms with Gasteiger partial charge in [0.2, 0.25) is 23.6 Å². The summed E-state index contributed by atoms with van der Waals surface area (Å²) in [7, 11) is -33.2. The van der Waals surface area contributed by atoms with E-state index in [1.165, 1.54) is 38.8 Å². The lowest BCUT2D eigenvalue weighted by atomic mass is 9.81. The minimum atomic E-state index is -5.64. The van der Waals surface area contributed by atoms with Gasteiger partial charge >= 0.3 is 46.9 Å². The van der Waals surface area contributed by atoms with Crippen LogP contribution in [0, 0.1) is 21.7 Å². The van der Waals surface area contributed by atoms with E-state index < -0.39 is 180 Å².